The third kappa shape index (κ3) is 3.33. The SMILES string of the molecule is NS(=O)(=O)c1ccc(NC(=O)c2coc3ncn(CCO)c(=O)c23)cn1. The van der Waals surface area contributed by atoms with Crippen LogP contribution in [-0.4, -0.2) is 40.6 Å². The summed E-state index contributed by atoms with van der Waals surface area (Å²) >= 11 is 0. The molecule has 136 valence electrons. The fourth-order valence-electron chi connectivity index (χ4n) is 2.22. The third-order valence-electron chi connectivity index (χ3n) is 3.43. The number of fused-ring (bicyclic) bond motifs is 1. The van der Waals surface area contributed by atoms with Crippen LogP contribution in [-0.2, 0) is 16.6 Å². The molecule has 0 saturated heterocycles. The fraction of sp³-hybridized carbons (Fsp3) is 0.143. The second kappa shape index (κ2) is 6.67. The van der Waals surface area contributed by atoms with E-state index in [0.717, 1.165) is 23.1 Å². The standard InChI is InChI=1S/C14H13N5O6S/c15-26(23,24)10-2-1-8(5-16-10)18-12(21)9-6-25-13-11(9)14(22)19(3-4-20)7-17-13/h1-2,5-7,20H,3-4H2,(H,18,21)(H2,15,23,24). The number of aromatic nitrogens is 3. The first kappa shape index (κ1) is 17.7. The number of nitrogens with zero attached hydrogens (tertiary/aromatic N) is 3. The van der Waals surface area contributed by atoms with E-state index in [-0.39, 0.29) is 40.5 Å². The van der Waals surface area contributed by atoms with Gasteiger partial charge in [-0.25, -0.2) is 23.5 Å². The van der Waals surface area contributed by atoms with E-state index in [1.807, 2.05) is 0 Å². The summed E-state index contributed by atoms with van der Waals surface area (Å²) < 4.78 is 28.6. The van der Waals surface area contributed by atoms with Crippen LogP contribution < -0.4 is 16.0 Å². The number of rotatable bonds is 5. The predicted molar refractivity (Wildman–Crippen MR) is 88.9 cm³/mol. The van der Waals surface area contributed by atoms with Gasteiger partial charge in [-0.15, -0.1) is 0 Å². The Balaban J connectivity index is 1.93. The van der Waals surface area contributed by atoms with E-state index in [1.165, 1.54) is 12.4 Å². The quantitative estimate of drug-likeness (QED) is 0.521. The molecule has 4 N–H and O–H groups in total. The van der Waals surface area contributed by atoms with Crippen molar-refractivity contribution >= 4 is 32.7 Å². The zero-order chi connectivity index (χ0) is 18.9. The number of hydrogen-bond donors (Lipinski definition) is 3. The van der Waals surface area contributed by atoms with Crippen LogP contribution >= 0.6 is 0 Å². The Labute approximate surface area is 146 Å². The summed E-state index contributed by atoms with van der Waals surface area (Å²) in [6.45, 7) is -0.249. The van der Waals surface area contributed by atoms with Gasteiger partial charge in [0.1, 0.15) is 18.0 Å². The summed E-state index contributed by atoms with van der Waals surface area (Å²) in [4.78, 5) is 32.4. The topological polar surface area (TPSA) is 170 Å². The van der Waals surface area contributed by atoms with Crippen molar-refractivity contribution in [2.75, 3.05) is 11.9 Å². The average molecular weight is 379 g/mol. The Morgan fingerprint density at radius 2 is 2.12 bits per heavy atom. The van der Waals surface area contributed by atoms with Gasteiger partial charge in [0.2, 0.25) is 5.71 Å². The van der Waals surface area contributed by atoms with Crippen molar-refractivity contribution in [2.45, 2.75) is 11.6 Å². The first-order valence-electron chi connectivity index (χ1n) is 7.19. The van der Waals surface area contributed by atoms with Crippen molar-refractivity contribution in [2.24, 2.45) is 5.14 Å². The number of furan rings is 1. The van der Waals surface area contributed by atoms with Crippen LogP contribution in [0, 0.1) is 0 Å². The highest BCUT2D eigenvalue weighted by molar-refractivity contribution is 7.89. The first-order valence-corrected chi connectivity index (χ1v) is 8.73. The molecule has 0 aromatic carbocycles. The number of carbonyl (C=O) groups excluding carboxylic acids is 1. The van der Waals surface area contributed by atoms with Crippen LogP contribution in [0.3, 0.4) is 0 Å². The van der Waals surface area contributed by atoms with Gasteiger partial charge in [0, 0.05) is 0 Å². The lowest BCUT2D eigenvalue weighted by molar-refractivity contribution is 0.102. The van der Waals surface area contributed by atoms with Gasteiger partial charge < -0.3 is 14.8 Å². The van der Waals surface area contributed by atoms with Gasteiger partial charge >= 0.3 is 0 Å². The Hall–Kier alpha value is -3.09. The Morgan fingerprint density at radius 3 is 2.73 bits per heavy atom. The summed E-state index contributed by atoms with van der Waals surface area (Å²) in [5.41, 5.74) is -0.417. The normalized spacial score (nSPS) is 11.6. The number of primary sulfonamides is 1. The fourth-order valence-corrected chi connectivity index (χ4v) is 2.68. The Kier molecular flexibility index (Phi) is 4.54. The minimum atomic E-state index is -3.95. The molecule has 12 heteroatoms. The van der Waals surface area contributed by atoms with Crippen LogP contribution in [0.2, 0.25) is 0 Å². The second-order valence-corrected chi connectivity index (χ2v) is 6.69. The number of amides is 1. The largest absolute Gasteiger partial charge is 0.445 e. The molecule has 0 radical (unpaired) electrons. The number of nitrogens with two attached hydrogens (primary N) is 1. The molecule has 0 spiro atoms. The number of nitrogens with one attached hydrogen (secondary N) is 1. The number of aliphatic hydroxyl groups excluding tert-OH is 1. The molecule has 0 aliphatic carbocycles. The van der Waals surface area contributed by atoms with Gasteiger partial charge in [-0.05, 0) is 12.1 Å². The molecule has 3 aromatic heterocycles. The predicted octanol–water partition coefficient (Wildman–Crippen LogP) is -0.723. The Morgan fingerprint density at radius 1 is 1.35 bits per heavy atom. The van der Waals surface area contributed by atoms with E-state index in [1.54, 1.807) is 0 Å². The van der Waals surface area contributed by atoms with Crippen molar-refractivity contribution in [1.29, 1.82) is 0 Å². The highest BCUT2D eigenvalue weighted by Crippen LogP contribution is 2.17. The van der Waals surface area contributed by atoms with E-state index in [4.69, 9.17) is 14.7 Å². The molecular weight excluding hydrogens is 366 g/mol. The second-order valence-electron chi connectivity index (χ2n) is 5.18. The molecule has 3 heterocycles. The minimum Gasteiger partial charge on any atom is -0.445 e. The molecule has 0 bridgehead atoms. The summed E-state index contributed by atoms with van der Waals surface area (Å²) in [6, 6.07) is 2.43. The lowest BCUT2D eigenvalue weighted by Crippen LogP contribution is -2.23. The Bertz CT molecular complexity index is 1130. The van der Waals surface area contributed by atoms with Crippen molar-refractivity contribution in [3.63, 3.8) is 0 Å². The zero-order valence-corrected chi connectivity index (χ0v) is 13.9. The van der Waals surface area contributed by atoms with Crippen molar-refractivity contribution in [1.82, 2.24) is 14.5 Å². The van der Waals surface area contributed by atoms with E-state index in [9.17, 15) is 18.0 Å². The van der Waals surface area contributed by atoms with Crippen molar-refractivity contribution in [3.8, 4) is 0 Å². The summed E-state index contributed by atoms with van der Waals surface area (Å²) in [5.74, 6) is -0.672. The number of anilines is 1. The number of sulfonamides is 1. The van der Waals surface area contributed by atoms with E-state index < -0.39 is 21.5 Å². The van der Waals surface area contributed by atoms with Gasteiger partial charge in [-0.3, -0.25) is 14.2 Å². The molecule has 0 atom stereocenters. The zero-order valence-electron chi connectivity index (χ0n) is 13.1. The van der Waals surface area contributed by atoms with Gasteiger partial charge in [0.05, 0.1) is 30.6 Å². The average Bonchev–Trinajstić information content (AvgIpc) is 3.02. The number of hydrogen-bond acceptors (Lipinski definition) is 8. The van der Waals surface area contributed by atoms with Crippen LogP contribution in [0.4, 0.5) is 5.69 Å². The monoisotopic (exact) mass is 379 g/mol. The summed E-state index contributed by atoms with van der Waals surface area (Å²) in [6.07, 6.45) is 3.41. The lowest BCUT2D eigenvalue weighted by Gasteiger charge is -2.05. The first-order chi connectivity index (χ1) is 12.3. The smallest absolute Gasteiger partial charge is 0.265 e. The molecule has 1 amide bonds. The summed E-state index contributed by atoms with van der Waals surface area (Å²) in [5, 5.41) is 16.0. The lowest BCUT2D eigenvalue weighted by atomic mass is 10.2. The number of carbonyl (C=O) groups is 1. The van der Waals surface area contributed by atoms with Gasteiger partial charge in [-0.1, -0.05) is 0 Å². The van der Waals surface area contributed by atoms with Crippen LogP contribution in [0.5, 0.6) is 0 Å². The molecule has 0 fully saturated rings. The van der Waals surface area contributed by atoms with Crippen LogP contribution in [0.1, 0.15) is 10.4 Å². The number of pyridine rings is 1. The molecule has 0 saturated carbocycles. The number of aliphatic hydroxyl groups is 1. The van der Waals surface area contributed by atoms with Gasteiger partial charge in [-0.2, -0.15) is 0 Å². The van der Waals surface area contributed by atoms with Crippen LogP contribution in [0.25, 0.3) is 11.1 Å². The van der Waals surface area contributed by atoms with E-state index in [2.05, 4.69) is 15.3 Å². The highest BCUT2D eigenvalue weighted by atomic mass is 32.2. The molecule has 0 unspecified atom stereocenters. The molecule has 11 nitrogen and oxygen atoms in total. The highest BCUT2D eigenvalue weighted by Gasteiger charge is 2.19. The molecule has 3 rings (SSSR count). The minimum absolute atomic E-state index is 0.0166. The molecule has 3 aromatic rings. The molecule has 0 aliphatic heterocycles. The van der Waals surface area contributed by atoms with Crippen LogP contribution in [0.15, 0.2) is 45.2 Å². The third-order valence-corrected chi connectivity index (χ3v) is 4.26. The van der Waals surface area contributed by atoms with Crippen molar-refractivity contribution in [3.05, 3.63) is 46.8 Å². The van der Waals surface area contributed by atoms with Crippen molar-refractivity contribution < 1.29 is 22.7 Å². The molecule has 0 aliphatic rings. The van der Waals surface area contributed by atoms with E-state index in [0.29, 0.717) is 0 Å². The van der Waals surface area contributed by atoms with Gasteiger partial charge in [0.15, 0.2) is 5.03 Å². The van der Waals surface area contributed by atoms with Gasteiger partial charge in [0.25, 0.3) is 21.5 Å². The van der Waals surface area contributed by atoms with E-state index >= 15 is 0 Å². The molecule has 26 heavy (non-hydrogen) atoms. The summed E-state index contributed by atoms with van der Waals surface area (Å²) in [7, 11) is -3.95. The molecular formula is C14H13N5O6S. The maximum absolute atomic E-state index is 12.4. The maximum atomic E-state index is 12.4. The maximum Gasteiger partial charge on any atom is 0.265 e.